The SMILES string of the molecule is COc1cc(F)c([C@@H]2CNC(=O)[C@H]2NC(=O)Nc2ccc(C)cc2F)c(F)c1. The molecule has 0 aliphatic carbocycles. The van der Waals surface area contributed by atoms with E-state index in [9.17, 15) is 22.8 Å². The molecule has 0 unspecified atom stereocenters. The molecule has 1 aliphatic rings. The lowest BCUT2D eigenvalue weighted by Crippen LogP contribution is -2.45. The Hall–Kier alpha value is -3.23. The molecule has 2 aromatic rings. The third kappa shape index (κ3) is 3.88. The second-order valence-corrected chi connectivity index (χ2v) is 6.42. The van der Waals surface area contributed by atoms with E-state index in [4.69, 9.17) is 4.74 Å². The number of hydrogen-bond donors (Lipinski definition) is 3. The first kappa shape index (κ1) is 19.5. The van der Waals surface area contributed by atoms with Crippen LogP contribution in [0.15, 0.2) is 30.3 Å². The van der Waals surface area contributed by atoms with Gasteiger partial charge in [-0.3, -0.25) is 4.79 Å². The van der Waals surface area contributed by atoms with E-state index in [1.54, 1.807) is 13.0 Å². The summed E-state index contributed by atoms with van der Waals surface area (Å²) in [7, 11) is 1.27. The fourth-order valence-corrected chi connectivity index (χ4v) is 3.11. The van der Waals surface area contributed by atoms with Gasteiger partial charge in [0.1, 0.15) is 29.2 Å². The lowest BCUT2D eigenvalue weighted by atomic mass is 9.93. The lowest BCUT2D eigenvalue weighted by molar-refractivity contribution is -0.120. The summed E-state index contributed by atoms with van der Waals surface area (Å²) in [6, 6.07) is 4.11. The molecule has 2 aromatic carbocycles. The molecule has 2 atom stereocenters. The number of hydrogen-bond acceptors (Lipinski definition) is 3. The number of ether oxygens (including phenoxy) is 1. The van der Waals surface area contributed by atoms with Crippen LogP contribution in [-0.4, -0.2) is 31.6 Å². The number of anilines is 1. The number of methoxy groups -OCH3 is 1. The molecule has 0 spiro atoms. The van der Waals surface area contributed by atoms with Crippen molar-refractivity contribution in [3.8, 4) is 5.75 Å². The molecule has 3 amide bonds. The molecular weight excluding hydrogens is 375 g/mol. The first-order chi connectivity index (χ1) is 13.3. The number of carbonyl (C=O) groups is 2. The fraction of sp³-hybridized carbons (Fsp3) is 0.263. The Morgan fingerprint density at radius 3 is 2.43 bits per heavy atom. The van der Waals surface area contributed by atoms with E-state index in [0.29, 0.717) is 5.56 Å². The van der Waals surface area contributed by atoms with Crippen molar-refractivity contribution < 1.29 is 27.5 Å². The van der Waals surface area contributed by atoms with E-state index >= 15 is 0 Å². The minimum Gasteiger partial charge on any atom is -0.497 e. The van der Waals surface area contributed by atoms with Crippen LogP contribution in [0.3, 0.4) is 0 Å². The predicted molar refractivity (Wildman–Crippen MR) is 95.7 cm³/mol. The Balaban J connectivity index is 1.80. The first-order valence-electron chi connectivity index (χ1n) is 8.44. The van der Waals surface area contributed by atoms with Gasteiger partial charge in [0.05, 0.1) is 12.8 Å². The van der Waals surface area contributed by atoms with Gasteiger partial charge in [-0.15, -0.1) is 0 Å². The number of amides is 3. The summed E-state index contributed by atoms with van der Waals surface area (Å²) in [6.45, 7) is 1.63. The van der Waals surface area contributed by atoms with E-state index in [0.717, 1.165) is 12.1 Å². The maximum Gasteiger partial charge on any atom is 0.319 e. The molecule has 1 heterocycles. The number of carbonyl (C=O) groups excluding carboxylic acids is 2. The van der Waals surface area contributed by atoms with Crippen molar-refractivity contribution >= 4 is 17.6 Å². The highest BCUT2D eigenvalue weighted by Crippen LogP contribution is 2.31. The van der Waals surface area contributed by atoms with Gasteiger partial charge in [0.25, 0.3) is 0 Å². The van der Waals surface area contributed by atoms with Gasteiger partial charge in [-0.25, -0.2) is 18.0 Å². The zero-order chi connectivity index (χ0) is 20.4. The maximum atomic E-state index is 14.4. The summed E-state index contributed by atoms with van der Waals surface area (Å²) in [5.74, 6) is -4.01. The first-order valence-corrected chi connectivity index (χ1v) is 8.44. The summed E-state index contributed by atoms with van der Waals surface area (Å²) in [5, 5.41) is 7.12. The second-order valence-electron chi connectivity index (χ2n) is 6.42. The summed E-state index contributed by atoms with van der Waals surface area (Å²) in [4.78, 5) is 24.3. The van der Waals surface area contributed by atoms with Gasteiger partial charge >= 0.3 is 6.03 Å². The van der Waals surface area contributed by atoms with E-state index in [1.165, 1.54) is 19.2 Å². The third-order valence-corrected chi connectivity index (χ3v) is 4.50. The molecule has 0 radical (unpaired) electrons. The van der Waals surface area contributed by atoms with E-state index in [1.807, 2.05) is 0 Å². The maximum absolute atomic E-state index is 14.4. The molecule has 28 heavy (non-hydrogen) atoms. The van der Waals surface area contributed by atoms with Crippen molar-refractivity contribution in [3.05, 3.63) is 58.9 Å². The molecule has 3 rings (SSSR count). The number of halogens is 3. The van der Waals surface area contributed by atoms with Crippen molar-refractivity contribution in [3.63, 3.8) is 0 Å². The van der Waals surface area contributed by atoms with Crippen LogP contribution in [-0.2, 0) is 4.79 Å². The highest BCUT2D eigenvalue weighted by atomic mass is 19.1. The van der Waals surface area contributed by atoms with Crippen LogP contribution < -0.4 is 20.7 Å². The summed E-state index contributed by atoms with van der Waals surface area (Å²) >= 11 is 0. The Bertz CT molecular complexity index is 913. The summed E-state index contributed by atoms with van der Waals surface area (Å²) < 4.78 is 47.5. The van der Waals surface area contributed by atoms with Gasteiger partial charge < -0.3 is 20.7 Å². The van der Waals surface area contributed by atoms with E-state index in [-0.39, 0.29) is 23.5 Å². The van der Waals surface area contributed by atoms with Crippen LogP contribution in [0.25, 0.3) is 0 Å². The number of benzene rings is 2. The highest BCUT2D eigenvalue weighted by molar-refractivity contribution is 5.95. The normalized spacial score (nSPS) is 18.5. The predicted octanol–water partition coefficient (Wildman–Crippen LogP) is 2.82. The van der Waals surface area contributed by atoms with Crippen LogP contribution in [0.2, 0.25) is 0 Å². The average molecular weight is 393 g/mol. The Morgan fingerprint density at radius 2 is 1.82 bits per heavy atom. The van der Waals surface area contributed by atoms with Crippen LogP contribution in [0.4, 0.5) is 23.7 Å². The number of rotatable bonds is 4. The standard InChI is InChI=1S/C19H18F3N3O3/c1-9-3-4-15(12(20)5-9)24-19(27)25-17-11(8-23-18(17)26)16-13(21)6-10(28-2)7-14(16)22/h3-7,11,17H,8H2,1-2H3,(H,23,26)(H2,24,25,27)/t11-,17-/m0/s1. The van der Waals surface area contributed by atoms with Crippen molar-refractivity contribution in [1.29, 1.82) is 0 Å². The Kier molecular flexibility index (Phi) is 5.43. The van der Waals surface area contributed by atoms with Gasteiger partial charge in [-0.05, 0) is 24.6 Å². The Morgan fingerprint density at radius 1 is 1.14 bits per heavy atom. The highest BCUT2D eigenvalue weighted by Gasteiger charge is 2.40. The largest absolute Gasteiger partial charge is 0.497 e. The molecule has 148 valence electrons. The van der Waals surface area contributed by atoms with Gasteiger partial charge in [0, 0.05) is 30.2 Å². The van der Waals surface area contributed by atoms with Crippen molar-refractivity contribution in [2.75, 3.05) is 19.0 Å². The average Bonchev–Trinajstić information content (AvgIpc) is 2.97. The van der Waals surface area contributed by atoms with E-state index in [2.05, 4.69) is 16.0 Å². The van der Waals surface area contributed by atoms with E-state index < -0.39 is 41.3 Å². The number of urea groups is 1. The molecule has 0 aromatic heterocycles. The number of aryl methyl sites for hydroxylation is 1. The molecule has 3 N–H and O–H groups in total. The molecular formula is C19H18F3N3O3. The van der Waals surface area contributed by atoms with Crippen LogP contribution >= 0.6 is 0 Å². The fourth-order valence-electron chi connectivity index (χ4n) is 3.11. The third-order valence-electron chi connectivity index (χ3n) is 4.50. The van der Waals surface area contributed by atoms with Crippen LogP contribution in [0.1, 0.15) is 17.0 Å². The van der Waals surface area contributed by atoms with Crippen molar-refractivity contribution in [1.82, 2.24) is 10.6 Å². The molecule has 1 saturated heterocycles. The quantitative estimate of drug-likeness (QED) is 0.748. The second kappa shape index (κ2) is 7.79. The molecule has 1 aliphatic heterocycles. The zero-order valence-electron chi connectivity index (χ0n) is 15.1. The van der Waals surface area contributed by atoms with Gasteiger partial charge in [0.15, 0.2) is 0 Å². The minimum atomic E-state index is -1.23. The Labute approximate surface area is 159 Å². The summed E-state index contributed by atoms with van der Waals surface area (Å²) in [6.07, 6.45) is 0. The molecule has 9 heteroatoms. The lowest BCUT2D eigenvalue weighted by Gasteiger charge is -2.20. The molecule has 6 nitrogen and oxygen atoms in total. The zero-order valence-corrected chi connectivity index (χ0v) is 15.1. The minimum absolute atomic E-state index is 0.00636. The van der Waals surface area contributed by atoms with Crippen molar-refractivity contribution in [2.24, 2.45) is 0 Å². The monoisotopic (exact) mass is 393 g/mol. The molecule has 0 bridgehead atoms. The molecule has 0 saturated carbocycles. The van der Waals surface area contributed by atoms with Crippen LogP contribution in [0, 0.1) is 24.4 Å². The summed E-state index contributed by atoms with van der Waals surface area (Å²) in [5.41, 5.74) is 0.245. The topological polar surface area (TPSA) is 79.5 Å². The smallest absolute Gasteiger partial charge is 0.319 e. The van der Waals surface area contributed by atoms with Gasteiger partial charge in [-0.1, -0.05) is 6.07 Å². The van der Waals surface area contributed by atoms with Gasteiger partial charge in [0.2, 0.25) is 5.91 Å². The van der Waals surface area contributed by atoms with Gasteiger partial charge in [-0.2, -0.15) is 0 Å². The van der Waals surface area contributed by atoms with Crippen LogP contribution in [0.5, 0.6) is 5.75 Å². The number of nitrogens with one attached hydrogen (secondary N) is 3. The molecule has 1 fully saturated rings. The van der Waals surface area contributed by atoms with Crippen molar-refractivity contribution in [2.45, 2.75) is 18.9 Å².